The first-order chi connectivity index (χ1) is 11.8. The van der Waals surface area contributed by atoms with E-state index in [1.165, 1.54) is 6.26 Å². The molecule has 5 nitrogen and oxygen atoms in total. The maximum absolute atomic E-state index is 12.5. The Morgan fingerprint density at radius 1 is 0.920 bits per heavy atom. The van der Waals surface area contributed by atoms with Gasteiger partial charge < -0.3 is 9.80 Å². The SMILES string of the molecule is CS(=O)(=O)c1ccc(N2CCN(C(=O)c3ccc(Cl)cc3)CC2)cc1. The van der Waals surface area contributed by atoms with E-state index in [0.29, 0.717) is 41.7 Å². The number of rotatable bonds is 3. The lowest BCUT2D eigenvalue weighted by Gasteiger charge is -2.36. The number of halogens is 1. The van der Waals surface area contributed by atoms with Crippen molar-refractivity contribution >= 4 is 33.0 Å². The van der Waals surface area contributed by atoms with E-state index in [4.69, 9.17) is 11.6 Å². The lowest BCUT2D eigenvalue weighted by atomic mass is 10.1. The smallest absolute Gasteiger partial charge is 0.253 e. The van der Waals surface area contributed by atoms with Gasteiger partial charge in [0.15, 0.2) is 9.84 Å². The second-order valence-electron chi connectivity index (χ2n) is 6.05. The molecule has 1 aliphatic heterocycles. The van der Waals surface area contributed by atoms with Crippen molar-refractivity contribution in [3.05, 3.63) is 59.1 Å². The summed E-state index contributed by atoms with van der Waals surface area (Å²) in [4.78, 5) is 16.8. The van der Waals surface area contributed by atoms with Gasteiger partial charge in [0, 0.05) is 48.7 Å². The summed E-state index contributed by atoms with van der Waals surface area (Å²) in [5.74, 6) is 0.00346. The van der Waals surface area contributed by atoms with Gasteiger partial charge in [-0.05, 0) is 48.5 Å². The fourth-order valence-corrected chi connectivity index (χ4v) is 3.60. The summed E-state index contributed by atoms with van der Waals surface area (Å²) in [6, 6.07) is 13.8. The van der Waals surface area contributed by atoms with E-state index in [9.17, 15) is 13.2 Å². The number of sulfone groups is 1. The Morgan fingerprint density at radius 2 is 1.48 bits per heavy atom. The summed E-state index contributed by atoms with van der Waals surface area (Å²) in [7, 11) is -3.18. The van der Waals surface area contributed by atoms with Crippen LogP contribution in [0.2, 0.25) is 5.02 Å². The van der Waals surface area contributed by atoms with Crippen LogP contribution in [-0.2, 0) is 9.84 Å². The molecule has 0 unspecified atom stereocenters. The normalized spacial score (nSPS) is 15.3. The zero-order valence-electron chi connectivity index (χ0n) is 13.9. The third-order valence-electron chi connectivity index (χ3n) is 4.29. The third-order valence-corrected chi connectivity index (χ3v) is 5.67. The molecule has 7 heteroatoms. The minimum absolute atomic E-state index is 0.00346. The fraction of sp³-hybridized carbons (Fsp3) is 0.278. The van der Waals surface area contributed by atoms with Crippen molar-refractivity contribution in [3.63, 3.8) is 0 Å². The van der Waals surface area contributed by atoms with Crippen molar-refractivity contribution in [2.75, 3.05) is 37.3 Å². The molecular weight excluding hydrogens is 360 g/mol. The summed E-state index contributed by atoms with van der Waals surface area (Å²) in [6.45, 7) is 2.65. The van der Waals surface area contributed by atoms with Crippen molar-refractivity contribution in [3.8, 4) is 0 Å². The molecule has 0 spiro atoms. The highest BCUT2D eigenvalue weighted by Gasteiger charge is 2.22. The highest BCUT2D eigenvalue weighted by molar-refractivity contribution is 7.90. The van der Waals surface area contributed by atoms with Gasteiger partial charge in [0.2, 0.25) is 0 Å². The maximum Gasteiger partial charge on any atom is 0.253 e. The molecule has 1 saturated heterocycles. The number of hydrogen-bond acceptors (Lipinski definition) is 4. The molecule has 2 aromatic carbocycles. The molecule has 1 fully saturated rings. The van der Waals surface area contributed by atoms with Crippen LogP contribution in [0.5, 0.6) is 0 Å². The van der Waals surface area contributed by atoms with Gasteiger partial charge >= 0.3 is 0 Å². The molecule has 0 bridgehead atoms. The summed E-state index contributed by atoms with van der Waals surface area (Å²) in [5.41, 5.74) is 1.60. The summed E-state index contributed by atoms with van der Waals surface area (Å²) in [6.07, 6.45) is 1.20. The van der Waals surface area contributed by atoms with Crippen LogP contribution in [0.3, 0.4) is 0 Å². The average Bonchev–Trinajstić information content (AvgIpc) is 2.61. The third kappa shape index (κ3) is 4.14. The Labute approximate surface area is 152 Å². The highest BCUT2D eigenvalue weighted by atomic mass is 35.5. The predicted octanol–water partition coefficient (Wildman–Crippen LogP) is 2.71. The topological polar surface area (TPSA) is 57.7 Å². The average molecular weight is 379 g/mol. The van der Waals surface area contributed by atoms with Gasteiger partial charge in [0.1, 0.15) is 0 Å². The molecule has 0 saturated carbocycles. The number of carbonyl (C=O) groups excluding carboxylic acids is 1. The molecule has 0 aliphatic carbocycles. The van der Waals surface area contributed by atoms with E-state index in [-0.39, 0.29) is 5.91 Å². The number of hydrogen-bond donors (Lipinski definition) is 0. The van der Waals surface area contributed by atoms with E-state index in [1.807, 2.05) is 17.0 Å². The van der Waals surface area contributed by atoms with Crippen molar-refractivity contribution < 1.29 is 13.2 Å². The van der Waals surface area contributed by atoms with Crippen molar-refractivity contribution in [1.82, 2.24) is 4.90 Å². The fourth-order valence-electron chi connectivity index (χ4n) is 2.85. The van der Waals surface area contributed by atoms with Crippen LogP contribution < -0.4 is 4.90 Å². The van der Waals surface area contributed by atoms with Gasteiger partial charge in [0.25, 0.3) is 5.91 Å². The first-order valence-corrected chi connectivity index (χ1v) is 10.2. The minimum atomic E-state index is -3.18. The minimum Gasteiger partial charge on any atom is -0.368 e. The number of amides is 1. The summed E-state index contributed by atoms with van der Waals surface area (Å²) < 4.78 is 23.1. The number of carbonyl (C=O) groups is 1. The number of benzene rings is 2. The first kappa shape index (κ1) is 17.8. The molecule has 0 atom stereocenters. The van der Waals surface area contributed by atoms with Crippen LogP contribution in [0, 0.1) is 0 Å². The lowest BCUT2D eigenvalue weighted by molar-refractivity contribution is 0.0747. The van der Waals surface area contributed by atoms with Crippen molar-refractivity contribution in [2.24, 2.45) is 0 Å². The predicted molar refractivity (Wildman–Crippen MR) is 99.1 cm³/mol. The van der Waals surface area contributed by atoms with E-state index < -0.39 is 9.84 Å². The zero-order valence-corrected chi connectivity index (χ0v) is 15.4. The van der Waals surface area contributed by atoms with E-state index >= 15 is 0 Å². The van der Waals surface area contributed by atoms with Crippen LogP contribution >= 0.6 is 11.6 Å². The Morgan fingerprint density at radius 3 is 2.00 bits per heavy atom. The molecule has 1 amide bonds. The molecule has 1 heterocycles. The molecule has 2 aromatic rings. The van der Waals surface area contributed by atoms with Crippen LogP contribution in [-0.4, -0.2) is 51.7 Å². The van der Waals surface area contributed by atoms with Crippen molar-refractivity contribution in [1.29, 1.82) is 0 Å². The Balaban J connectivity index is 1.63. The Bertz CT molecular complexity index is 856. The van der Waals surface area contributed by atoms with Gasteiger partial charge in [-0.1, -0.05) is 11.6 Å². The largest absolute Gasteiger partial charge is 0.368 e. The van der Waals surface area contributed by atoms with E-state index in [2.05, 4.69) is 4.90 Å². The van der Waals surface area contributed by atoms with Crippen LogP contribution in [0.15, 0.2) is 53.4 Å². The summed E-state index contributed by atoms with van der Waals surface area (Å²) >= 11 is 5.86. The van der Waals surface area contributed by atoms with Gasteiger partial charge in [-0.15, -0.1) is 0 Å². The zero-order chi connectivity index (χ0) is 18.0. The van der Waals surface area contributed by atoms with E-state index in [1.54, 1.807) is 36.4 Å². The maximum atomic E-state index is 12.5. The molecule has 25 heavy (non-hydrogen) atoms. The van der Waals surface area contributed by atoms with Crippen molar-refractivity contribution in [2.45, 2.75) is 4.90 Å². The van der Waals surface area contributed by atoms with Gasteiger partial charge in [-0.3, -0.25) is 4.79 Å². The molecule has 132 valence electrons. The van der Waals surface area contributed by atoms with Gasteiger partial charge in [-0.2, -0.15) is 0 Å². The van der Waals surface area contributed by atoms with Crippen LogP contribution in [0.1, 0.15) is 10.4 Å². The number of piperazine rings is 1. The van der Waals surface area contributed by atoms with Gasteiger partial charge in [0.05, 0.1) is 4.90 Å². The quantitative estimate of drug-likeness (QED) is 0.824. The number of nitrogens with zero attached hydrogens (tertiary/aromatic N) is 2. The Hall–Kier alpha value is -2.05. The second kappa shape index (κ2) is 7.06. The van der Waals surface area contributed by atoms with E-state index in [0.717, 1.165) is 5.69 Å². The molecule has 0 aromatic heterocycles. The summed E-state index contributed by atoms with van der Waals surface area (Å²) in [5, 5.41) is 0.610. The second-order valence-corrected chi connectivity index (χ2v) is 8.50. The number of anilines is 1. The van der Waals surface area contributed by atoms with Crippen LogP contribution in [0.4, 0.5) is 5.69 Å². The lowest BCUT2D eigenvalue weighted by Crippen LogP contribution is -2.48. The Kier molecular flexibility index (Phi) is 5.01. The standard InChI is InChI=1S/C18H19ClN2O3S/c1-25(23,24)17-8-6-16(7-9-17)20-10-12-21(13-11-20)18(22)14-2-4-15(19)5-3-14/h2-9H,10-13H2,1H3. The highest BCUT2D eigenvalue weighted by Crippen LogP contribution is 2.20. The first-order valence-electron chi connectivity index (χ1n) is 7.94. The molecule has 0 N–H and O–H groups in total. The molecule has 0 radical (unpaired) electrons. The monoisotopic (exact) mass is 378 g/mol. The molecule has 3 rings (SSSR count). The van der Waals surface area contributed by atoms with Crippen LogP contribution in [0.25, 0.3) is 0 Å². The van der Waals surface area contributed by atoms with Gasteiger partial charge in [-0.25, -0.2) is 8.42 Å². The molecular formula is C18H19ClN2O3S. The molecule has 1 aliphatic rings.